The Bertz CT molecular complexity index is 3090. The van der Waals surface area contributed by atoms with Gasteiger partial charge in [0.05, 0.1) is 10.8 Å². The van der Waals surface area contributed by atoms with Crippen LogP contribution in [0.3, 0.4) is 0 Å². The highest BCUT2D eigenvalue weighted by atomic mass is 15.1. The maximum atomic E-state index is 2.51. The summed E-state index contributed by atoms with van der Waals surface area (Å²) in [6, 6.07) is 70.9. The molecule has 0 bridgehead atoms. The molecule has 0 aromatic heterocycles. The van der Waals surface area contributed by atoms with E-state index in [0.29, 0.717) is 0 Å². The first kappa shape index (κ1) is 31.9. The van der Waals surface area contributed by atoms with E-state index in [-0.39, 0.29) is 0 Å². The zero-order valence-electron chi connectivity index (χ0n) is 31.9. The molecule has 13 rings (SSSR count). The molecule has 0 aliphatic heterocycles. The fourth-order valence-electron chi connectivity index (χ4n) is 11.7. The van der Waals surface area contributed by atoms with Gasteiger partial charge >= 0.3 is 0 Å². The van der Waals surface area contributed by atoms with Gasteiger partial charge in [-0.25, -0.2) is 0 Å². The molecule has 270 valence electrons. The molecule has 58 heavy (non-hydrogen) atoms. The largest absolute Gasteiger partial charge is 0.310 e. The van der Waals surface area contributed by atoms with Crippen LogP contribution in [0.2, 0.25) is 0 Å². The number of hydrogen-bond acceptors (Lipinski definition) is 1. The van der Waals surface area contributed by atoms with Crippen LogP contribution >= 0.6 is 0 Å². The average Bonchev–Trinajstić information content (AvgIpc) is 3.87. The predicted molar refractivity (Wildman–Crippen MR) is 239 cm³/mol. The smallest absolute Gasteiger partial charge is 0.0726 e. The van der Waals surface area contributed by atoms with Gasteiger partial charge in [0.1, 0.15) is 0 Å². The minimum Gasteiger partial charge on any atom is -0.310 e. The molecule has 2 spiro atoms. The van der Waals surface area contributed by atoms with Crippen LogP contribution in [0, 0.1) is 0 Å². The monoisotopic (exact) mass is 735 g/mol. The second-order valence-corrected chi connectivity index (χ2v) is 16.2. The fourth-order valence-corrected chi connectivity index (χ4v) is 11.7. The van der Waals surface area contributed by atoms with E-state index in [2.05, 4.69) is 217 Å². The van der Waals surface area contributed by atoms with E-state index in [9.17, 15) is 0 Å². The van der Waals surface area contributed by atoms with Crippen LogP contribution in [0.4, 0.5) is 17.1 Å². The summed E-state index contributed by atoms with van der Waals surface area (Å²) in [6.07, 6.45) is 10.1. The van der Waals surface area contributed by atoms with Crippen LogP contribution in [0.15, 0.2) is 218 Å². The first-order chi connectivity index (χ1) is 28.8. The van der Waals surface area contributed by atoms with Crippen LogP contribution in [0.25, 0.3) is 39.0 Å². The highest BCUT2D eigenvalue weighted by Gasteiger charge is 2.53. The molecule has 0 N–H and O–H groups in total. The molecule has 0 fully saturated rings. The molecule has 1 unspecified atom stereocenters. The fraction of sp³-hybridized carbons (Fsp3) is 0.0526. The van der Waals surface area contributed by atoms with Crippen molar-refractivity contribution >= 4 is 22.6 Å². The Morgan fingerprint density at radius 3 is 1.28 bits per heavy atom. The summed E-state index contributed by atoms with van der Waals surface area (Å²) in [7, 11) is 0. The van der Waals surface area contributed by atoms with Crippen LogP contribution < -0.4 is 4.90 Å². The summed E-state index contributed by atoms with van der Waals surface area (Å²) in [5, 5.41) is 0. The Kier molecular flexibility index (Phi) is 6.42. The van der Waals surface area contributed by atoms with Gasteiger partial charge in [0.25, 0.3) is 0 Å². The standard InChI is InChI=1S/C57H37N/c1-3-17-37(18-4-1)58(39-32-34-47-45-24-11-16-30-53(45)57(55(47)36-39)50-27-13-8-21-42(50)43-22-9-14-28-51(43)57)38-31-33-46-44-23-10-15-29-52(44)56(54(46)35-38)48-25-6-2-5-19-40(48)41-20-7-12-26-49(41)56/h1-18,20-36H,19H2. The van der Waals surface area contributed by atoms with Crippen molar-refractivity contribution in [3.63, 3.8) is 0 Å². The van der Waals surface area contributed by atoms with Crippen molar-refractivity contribution in [1.82, 2.24) is 0 Å². The van der Waals surface area contributed by atoms with E-state index < -0.39 is 10.8 Å². The zero-order chi connectivity index (χ0) is 38.0. The van der Waals surface area contributed by atoms with Gasteiger partial charge in [-0.15, -0.1) is 0 Å². The molecule has 0 saturated carbocycles. The number of para-hydroxylation sites is 1. The Morgan fingerprint density at radius 1 is 0.328 bits per heavy atom. The van der Waals surface area contributed by atoms with Gasteiger partial charge in [0.15, 0.2) is 0 Å². The summed E-state index contributed by atoms with van der Waals surface area (Å²) >= 11 is 0. The minimum absolute atomic E-state index is 0.417. The van der Waals surface area contributed by atoms with Gasteiger partial charge in [-0.1, -0.05) is 176 Å². The summed E-state index contributed by atoms with van der Waals surface area (Å²) in [5.74, 6) is 0. The normalized spacial score (nSPS) is 17.6. The Labute approximate surface area is 339 Å². The molecule has 0 saturated heterocycles. The lowest BCUT2D eigenvalue weighted by Gasteiger charge is -2.34. The molecule has 0 radical (unpaired) electrons. The van der Waals surface area contributed by atoms with Crippen LogP contribution in [-0.2, 0) is 10.8 Å². The third kappa shape index (κ3) is 3.86. The molecule has 0 heterocycles. The van der Waals surface area contributed by atoms with Crippen LogP contribution in [0.5, 0.6) is 0 Å². The van der Waals surface area contributed by atoms with E-state index in [1.54, 1.807) is 0 Å². The number of rotatable bonds is 3. The number of hydrogen-bond donors (Lipinski definition) is 0. The SMILES string of the molecule is C1=CCC2=C(C=C1)C1(c3ccccc32)c2ccccc2-c2ccc(N(c3ccccc3)c3ccc4c(c3)C3(c5ccccc5-c5ccccc53)c3ccccc3-4)cc21. The number of allylic oxidation sites excluding steroid dienone is 6. The van der Waals surface area contributed by atoms with Crippen LogP contribution in [-0.4, -0.2) is 0 Å². The van der Waals surface area contributed by atoms with Gasteiger partial charge < -0.3 is 4.90 Å². The maximum Gasteiger partial charge on any atom is 0.0726 e. The topological polar surface area (TPSA) is 3.24 Å². The summed E-state index contributed by atoms with van der Waals surface area (Å²) in [6.45, 7) is 0. The Hall–Kier alpha value is -7.22. The number of anilines is 3. The number of nitrogens with zero attached hydrogens (tertiary/aromatic N) is 1. The van der Waals surface area contributed by atoms with E-state index in [1.165, 1.54) is 89.0 Å². The average molecular weight is 736 g/mol. The van der Waals surface area contributed by atoms with Gasteiger partial charge in [0.2, 0.25) is 0 Å². The molecule has 5 aliphatic carbocycles. The third-order valence-electron chi connectivity index (χ3n) is 13.8. The van der Waals surface area contributed by atoms with Crippen molar-refractivity contribution in [2.75, 3.05) is 4.90 Å². The van der Waals surface area contributed by atoms with E-state index in [1.807, 2.05) is 0 Å². The van der Waals surface area contributed by atoms with Gasteiger partial charge in [-0.3, -0.25) is 0 Å². The highest BCUT2D eigenvalue weighted by Crippen LogP contribution is 2.65. The summed E-state index contributed by atoms with van der Waals surface area (Å²) < 4.78 is 0. The number of fused-ring (bicyclic) bond motifs is 19. The van der Waals surface area contributed by atoms with Crippen molar-refractivity contribution in [2.45, 2.75) is 17.3 Å². The highest BCUT2D eigenvalue weighted by molar-refractivity contribution is 5.99. The molecule has 5 aliphatic rings. The molecule has 1 heteroatoms. The van der Waals surface area contributed by atoms with E-state index in [0.717, 1.165) is 23.5 Å². The second-order valence-electron chi connectivity index (χ2n) is 16.2. The van der Waals surface area contributed by atoms with Crippen LogP contribution in [0.1, 0.15) is 50.9 Å². The lowest BCUT2D eigenvalue weighted by molar-refractivity contribution is 0.785. The van der Waals surface area contributed by atoms with Crippen molar-refractivity contribution in [3.8, 4) is 33.4 Å². The molecular formula is C57H37N. The molecule has 8 aromatic rings. The Balaban J connectivity index is 1.08. The number of benzene rings is 8. The summed E-state index contributed by atoms with van der Waals surface area (Å²) in [4.78, 5) is 2.49. The second kappa shape index (κ2) is 11.7. The first-order valence-corrected chi connectivity index (χ1v) is 20.5. The Morgan fingerprint density at radius 2 is 0.741 bits per heavy atom. The van der Waals surface area contributed by atoms with Crippen molar-refractivity contribution in [1.29, 1.82) is 0 Å². The maximum absolute atomic E-state index is 2.51. The van der Waals surface area contributed by atoms with E-state index >= 15 is 0 Å². The molecule has 1 nitrogen and oxygen atoms in total. The first-order valence-electron chi connectivity index (χ1n) is 20.5. The van der Waals surface area contributed by atoms with Crippen molar-refractivity contribution in [3.05, 3.63) is 262 Å². The van der Waals surface area contributed by atoms with Gasteiger partial charge in [0, 0.05) is 17.1 Å². The molecule has 1 atom stereocenters. The molecular weight excluding hydrogens is 699 g/mol. The lowest BCUT2D eigenvalue weighted by Crippen LogP contribution is -2.27. The van der Waals surface area contributed by atoms with Crippen molar-refractivity contribution in [2.24, 2.45) is 0 Å². The third-order valence-corrected chi connectivity index (χ3v) is 13.8. The van der Waals surface area contributed by atoms with Gasteiger partial charge in [-0.05, 0) is 132 Å². The minimum atomic E-state index is -0.419. The quantitative estimate of drug-likeness (QED) is 0.175. The van der Waals surface area contributed by atoms with Gasteiger partial charge in [-0.2, -0.15) is 0 Å². The summed E-state index contributed by atoms with van der Waals surface area (Å²) in [5.41, 5.74) is 24.2. The zero-order valence-corrected chi connectivity index (χ0v) is 31.9. The lowest BCUT2D eigenvalue weighted by atomic mass is 9.69. The van der Waals surface area contributed by atoms with E-state index in [4.69, 9.17) is 0 Å². The molecule has 0 amide bonds. The predicted octanol–water partition coefficient (Wildman–Crippen LogP) is 14.1. The molecule has 8 aromatic carbocycles. The van der Waals surface area contributed by atoms with Crippen molar-refractivity contribution < 1.29 is 0 Å².